The number of carbonyl (C=O) groups excluding carboxylic acids is 10. The first-order valence-electron chi connectivity index (χ1n) is 32.2. The average Bonchev–Trinajstić information content (AvgIpc) is 0.827. The van der Waals surface area contributed by atoms with Crippen LogP contribution in [0.2, 0.25) is 0 Å². The molecule has 1 fully saturated rings. The SMILES string of the molecule is CCCC[C@@H]1C(=O)NC(Cc2ccc3ccccc3c2)C(=O)N(C)[C@H](COC(C)(C)C)C(=O)NCC(=O)N(C)CCCC=CC(=O)OCC(C)(C)C(=O)C(=O)N2CCCC[C@@H]2C(=O)O[C@@H](CCc2ccc(OC)c(OC)c2)c2cccc(c2)OCC(=O)N(C)CC(=O)N1C. The monoisotopic (exact) mass is 1300 g/mol. The zero-order valence-corrected chi connectivity index (χ0v) is 56.6. The van der Waals surface area contributed by atoms with E-state index in [9.17, 15) is 43.2 Å². The number of carbonyl (C=O) groups is 10. The molecule has 0 radical (unpaired) electrons. The van der Waals surface area contributed by atoms with E-state index in [-0.39, 0.29) is 51.1 Å². The Morgan fingerprint density at radius 2 is 1.41 bits per heavy atom. The number of allylic oxidation sites excluding steroid dienone is 1. The van der Waals surface area contributed by atoms with Crippen LogP contribution in [0.3, 0.4) is 0 Å². The van der Waals surface area contributed by atoms with Gasteiger partial charge in [0.25, 0.3) is 11.8 Å². The van der Waals surface area contributed by atoms with Crippen molar-refractivity contribution in [1.82, 2.24) is 35.1 Å². The number of hydrogen-bond donors (Lipinski definition) is 2. The molecule has 23 nitrogen and oxygen atoms in total. The Morgan fingerprint density at radius 1 is 0.691 bits per heavy atom. The highest BCUT2D eigenvalue weighted by molar-refractivity contribution is 6.38. The van der Waals surface area contributed by atoms with E-state index in [0.29, 0.717) is 67.6 Å². The van der Waals surface area contributed by atoms with Crippen molar-refractivity contribution in [2.75, 3.05) is 88.4 Å². The molecule has 4 aromatic rings. The van der Waals surface area contributed by atoms with Crippen molar-refractivity contribution in [2.45, 2.75) is 148 Å². The van der Waals surface area contributed by atoms with Crippen molar-refractivity contribution in [3.8, 4) is 17.2 Å². The number of cyclic esters (lactones) is 2. The van der Waals surface area contributed by atoms with Crippen molar-refractivity contribution >= 4 is 69.8 Å². The summed E-state index contributed by atoms with van der Waals surface area (Å²) >= 11 is 0. The van der Waals surface area contributed by atoms with Gasteiger partial charge in [0.2, 0.25) is 35.3 Å². The van der Waals surface area contributed by atoms with Crippen molar-refractivity contribution in [1.29, 1.82) is 0 Å². The number of fused-ring (bicyclic) bond motifs is 4. The number of ketones is 1. The highest BCUT2D eigenvalue weighted by atomic mass is 16.5. The number of hydrogen-bond acceptors (Lipinski definition) is 16. The predicted molar refractivity (Wildman–Crippen MR) is 352 cm³/mol. The number of benzene rings is 4. The van der Waals surface area contributed by atoms with Gasteiger partial charge in [-0.2, -0.15) is 0 Å². The van der Waals surface area contributed by atoms with Gasteiger partial charge in [0.15, 0.2) is 18.1 Å². The highest BCUT2D eigenvalue weighted by Gasteiger charge is 2.43. The molecule has 0 saturated carbocycles. The van der Waals surface area contributed by atoms with Crippen LogP contribution < -0.4 is 24.8 Å². The van der Waals surface area contributed by atoms with Crippen LogP contribution >= 0.6 is 0 Å². The van der Waals surface area contributed by atoms with Gasteiger partial charge in [-0.1, -0.05) is 86.5 Å². The highest BCUT2D eigenvalue weighted by Crippen LogP contribution is 2.33. The number of piperidine rings is 1. The predicted octanol–water partition coefficient (Wildman–Crippen LogP) is 6.74. The van der Waals surface area contributed by atoms with Crippen molar-refractivity contribution in [2.24, 2.45) is 5.41 Å². The third-order valence-electron chi connectivity index (χ3n) is 16.8. The molecule has 2 aliphatic rings. The number of nitrogens with zero attached hydrogens (tertiary/aromatic N) is 5. The Hall–Kier alpha value is -8.86. The molecular weight excluding hydrogens is 1210 g/mol. The minimum absolute atomic E-state index is 0.0160. The van der Waals surface area contributed by atoms with E-state index in [1.54, 1.807) is 64.2 Å². The number of unbranched alkanes of at least 4 members (excludes halogenated alkanes) is 1. The van der Waals surface area contributed by atoms with Crippen LogP contribution in [0, 0.1) is 5.41 Å². The number of methoxy groups -OCH3 is 2. The zero-order chi connectivity index (χ0) is 68.9. The Morgan fingerprint density at radius 3 is 2.13 bits per heavy atom. The van der Waals surface area contributed by atoms with Crippen molar-refractivity contribution in [3.05, 3.63) is 114 Å². The summed E-state index contributed by atoms with van der Waals surface area (Å²) in [4.78, 5) is 148. The van der Waals surface area contributed by atoms with Gasteiger partial charge in [-0.05, 0) is 138 Å². The lowest BCUT2D eigenvalue weighted by molar-refractivity contribution is -0.165. The second-order valence-corrected chi connectivity index (χ2v) is 25.7. The molecule has 94 heavy (non-hydrogen) atoms. The fraction of sp³-hybridized carbons (Fsp3) is 0.521. The first-order chi connectivity index (χ1) is 44.6. The molecule has 1 unspecified atom stereocenters. The molecule has 0 aliphatic carbocycles. The normalized spacial score (nSPS) is 21.5. The van der Waals surface area contributed by atoms with E-state index in [1.165, 1.54) is 79.8 Å². The number of esters is 2. The molecular formula is C71H95N7O16. The summed E-state index contributed by atoms with van der Waals surface area (Å²) in [5.41, 5.74) is -0.242. The number of rotatable bonds is 12. The van der Waals surface area contributed by atoms with Gasteiger partial charge in [-0.15, -0.1) is 0 Å². The topological polar surface area (TPSA) is 266 Å². The van der Waals surface area contributed by atoms with Crippen LogP contribution in [0.25, 0.3) is 10.8 Å². The smallest absolute Gasteiger partial charge is 0.330 e. The third kappa shape index (κ3) is 21.3. The number of likely N-dealkylation sites (N-methyl/N-ethyl adjacent to an activating group) is 4. The molecule has 2 bridgehead atoms. The fourth-order valence-electron chi connectivity index (χ4n) is 10.9. The molecule has 4 aromatic carbocycles. The Labute approximate surface area is 552 Å². The molecule has 0 spiro atoms. The average molecular weight is 1300 g/mol. The van der Waals surface area contributed by atoms with E-state index in [0.717, 1.165) is 16.3 Å². The molecule has 1 saturated heterocycles. The molecule has 6 rings (SSSR count). The number of Topliss-reactive ketones (excluding diaryl/α,β-unsaturated/α-hetero) is 1. The molecule has 23 heteroatoms. The molecule has 0 aromatic heterocycles. The van der Waals surface area contributed by atoms with Gasteiger partial charge in [-0.25, -0.2) is 9.59 Å². The van der Waals surface area contributed by atoms with E-state index in [1.807, 2.05) is 61.5 Å². The molecule has 2 N–H and O–H groups in total. The van der Waals surface area contributed by atoms with E-state index in [4.69, 9.17) is 28.4 Å². The summed E-state index contributed by atoms with van der Waals surface area (Å²) in [6, 6.07) is 20.6. The number of nitrogens with one attached hydrogen (secondary N) is 2. The summed E-state index contributed by atoms with van der Waals surface area (Å²) in [6.07, 6.45) is 5.80. The fourth-order valence-corrected chi connectivity index (χ4v) is 10.9. The van der Waals surface area contributed by atoms with E-state index >= 15 is 4.79 Å². The molecule has 5 atom stereocenters. The van der Waals surface area contributed by atoms with Crippen LogP contribution in [0.4, 0.5) is 0 Å². The van der Waals surface area contributed by atoms with Gasteiger partial charge in [0.05, 0.1) is 44.9 Å². The number of ether oxygens (including phenoxy) is 6. The van der Waals surface area contributed by atoms with E-state index in [2.05, 4.69) is 10.6 Å². The first-order valence-corrected chi connectivity index (χ1v) is 32.2. The molecule has 2 aliphatic heterocycles. The summed E-state index contributed by atoms with van der Waals surface area (Å²) in [5.74, 6) is -5.66. The maximum absolute atomic E-state index is 15.1. The number of aryl methyl sites for hydroxylation is 1. The molecule has 7 amide bonds. The van der Waals surface area contributed by atoms with Crippen LogP contribution in [-0.4, -0.2) is 202 Å². The van der Waals surface area contributed by atoms with E-state index < -0.39 is 127 Å². The number of amides is 7. The quantitative estimate of drug-likeness (QED) is 0.110. The maximum atomic E-state index is 15.1. The van der Waals surface area contributed by atoms with Gasteiger partial charge in [-0.3, -0.25) is 38.4 Å². The minimum Gasteiger partial charge on any atom is -0.493 e. The summed E-state index contributed by atoms with van der Waals surface area (Å²) in [5, 5.41) is 7.47. The van der Waals surface area contributed by atoms with Gasteiger partial charge in [0.1, 0.15) is 42.6 Å². The lowest BCUT2D eigenvalue weighted by Gasteiger charge is -2.36. The summed E-state index contributed by atoms with van der Waals surface area (Å²) in [6.45, 7) is 8.44. The largest absolute Gasteiger partial charge is 0.493 e. The zero-order valence-electron chi connectivity index (χ0n) is 56.6. The Kier molecular flexibility index (Phi) is 27.5. The lowest BCUT2D eigenvalue weighted by atomic mass is 9.87. The standard InChI is InChI=1S/C71H95N7O16/c1-13-14-27-54-66(85)73-53(39-48-30-33-49-23-17-18-24-50(49)38-48)67(86)77(10)56(44-93-70(2,3)4)65(84)72-42-60(79)74(7)36-20-15-16-29-63(82)92-46-71(5,6)64(83)68(87)78-37-21-19-28-55(78)69(88)94-57(34-31-47-32-35-58(89-11)59(40-47)90-12)51-25-22-26-52(41-51)91-45-62(81)75(8)43-61(80)76(54)9/h16-18,22-26,29-30,32-33,35,38,40-41,53-57H,13-15,19-21,27-28,31,34,36-37,39,42-46H2,1-12H3,(H,72,84)(H,73,85)/t53?,54-,55-,56-,57+/m1/s1. The third-order valence-corrected chi connectivity index (χ3v) is 16.8. The van der Waals surface area contributed by atoms with Gasteiger partial charge in [0, 0.05) is 53.8 Å². The Bertz CT molecular complexity index is 3360. The lowest BCUT2D eigenvalue weighted by Crippen LogP contribution is -2.59. The second-order valence-electron chi connectivity index (χ2n) is 25.7. The van der Waals surface area contributed by atoms with Crippen LogP contribution in [0.5, 0.6) is 17.2 Å². The van der Waals surface area contributed by atoms with Gasteiger partial charge >= 0.3 is 11.9 Å². The van der Waals surface area contributed by atoms with Crippen LogP contribution in [0.1, 0.15) is 122 Å². The summed E-state index contributed by atoms with van der Waals surface area (Å²) in [7, 11) is 8.92. The second kappa shape index (κ2) is 34.9. The van der Waals surface area contributed by atoms with Crippen LogP contribution in [0.15, 0.2) is 97.1 Å². The Balaban J connectivity index is 1.31. The van der Waals surface area contributed by atoms with Crippen molar-refractivity contribution < 1.29 is 76.4 Å². The first kappa shape index (κ1) is 74.2. The van der Waals surface area contributed by atoms with Crippen LogP contribution in [-0.2, 0) is 75.0 Å². The molecule has 510 valence electrons. The van der Waals surface area contributed by atoms with Crippen molar-refractivity contribution in [3.63, 3.8) is 0 Å². The maximum Gasteiger partial charge on any atom is 0.330 e. The minimum atomic E-state index is -1.50. The summed E-state index contributed by atoms with van der Waals surface area (Å²) < 4.78 is 35.0. The molecule has 2 heterocycles. The van der Waals surface area contributed by atoms with Gasteiger partial charge < -0.3 is 63.6 Å².